The molecule has 1 aromatic carbocycles. The van der Waals surface area contributed by atoms with Gasteiger partial charge in [-0.2, -0.15) is 0 Å². The van der Waals surface area contributed by atoms with E-state index in [0.29, 0.717) is 19.4 Å². The van der Waals surface area contributed by atoms with Crippen molar-refractivity contribution in [3.8, 4) is 17.5 Å². The number of para-hydroxylation sites is 2. The van der Waals surface area contributed by atoms with Crippen molar-refractivity contribution in [1.82, 2.24) is 9.47 Å². The summed E-state index contributed by atoms with van der Waals surface area (Å²) in [7, 11) is 0. The number of aromatic nitrogens is 1. The summed E-state index contributed by atoms with van der Waals surface area (Å²) in [5.41, 5.74) is 2.34. The van der Waals surface area contributed by atoms with Crippen LogP contribution in [0.3, 0.4) is 0 Å². The Kier molecular flexibility index (Phi) is 5.19. The molecule has 150 valence electrons. The van der Waals surface area contributed by atoms with Gasteiger partial charge in [0.05, 0.1) is 18.3 Å². The zero-order valence-electron chi connectivity index (χ0n) is 15.8. The predicted octanol–water partition coefficient (Wildman–Crippen LogP) is 1.44. The number of β-amino-alcohol motifs (C(OH)–C–C–N with tert-alkyl or cyclic N) is 1. The Morgan fingerprint density at radius 2 is 1.43 bits per heavy atom. The second kappa shape index (κ2) is 7.77. The third-order valence-corrected chi connectivity index (χ3v) is 5.68. The number of hydrogen-bond donors (Lipinski definition) is 4. The van der Waals surface area contributed by atoms with Gasteiger partial charge in [-0.3, -0.25) is 9.47 Å². The van der Waals surface area contributed by atoms with Gasteiger partial charge in [-0.15, -0.1) is 0 Å². The zero-order chi connectivity index (χ0) is 19.7. The molecule has 1 aliphatic heterocycles. The van der Waals surface area contributed by atoms with Gasteiger partial charge < -0.3 is 25.3 Å². The van der Waals surface area contributed by atoms with Crippen LogP contribution in [0.2, 0.25) is 0 Å². The Labute approximate surface area is 164 Å². The summed E-state index contributed by atoms with van der Waals surface area (Å²) in [5.74, 6) is 0.397. The molecule has 0 bridgehead atoms. The molecular formula is C21H27N3O4. The molecule has 0 spiro atoms. The van der Waals surface area contributed by atoms with Gasteiger partial charge in [0.15, 0.2) is 11.8 Å². The standard InChI is InChI=1S/C21H27N3O4/c25-15(14-24-20(27)16-5-1-2-6-17(16)21(24)28)13-22-9-11-23(12-10-22)18-7-3-4-8-19(18)26/h1-4,7-8,15,25-28H,5-6,9-14H2. The van der Waals surface area contributed by atoms with Gasteiger partial charge in [-0.05, 0) is 25.0 Å². The lowest BCUT2D eigenvalue weighted by atomic mass is 10.0. The average molecular weight is 385 g/mol. The molecule has 1 fully saturated rings. The molecule has 1 atom stereocenters. The number of anilines is 1. The third-order valence-electron chi connectivity index (χ3n) is 5.68. The molecule has 1 saturated heterocycles. The summed E-state index contributed by atoms with van der Waals surface area (Å²) >= 11 is 0. The molecule has 2 aromatic rings. The van der Waals surface area contributed by atoms with Crippen LogP contribution in [0.1, 0.15) is 11.1 Å². The zero-order valence-corrected chi connectivity index (χ0v) is 15.8. The number of hydrogen-bond acceptors (Lipinski definition) is 6. The quantitative estimate of drug-likeness (QED) is 0.582. The Morgan fingerprint density at radius 1 is 0.821 bits per heavy atom. The highest BCUT2D eigenvalue weighted by atomic mass is 16.3. The molecular weight excluding hydrogens is 358 g/mol. The van der Waals surface area contributed by atoms with E-state index in [1.54, 1.807) is 6.07 Å². The van der Waals surface area contributed by atoms with Crippen molar-refractivity contribution in [2.75, 3.05) is 37.6 Å². The topological polar surface area (TPSA) is 92.3 Å². The van der Waals surface area contributed by atoms with Crippen molar-refractivity contribution < 1.29 is 20.4 Å². The number of phenolic OH excluding ortho intramolecular Hbond substituents is 1. The van der Waals surface area contributed by atoms with Crippen molar-refractivity contribution in [2.45, 2.75) is 25.5 Å². The first kappa shape index (κ1) is 18.7. The van der Waals surface area contributed by atoms with Crippen LogP contribution in [-0.4, -0.2) is 68.7 Å². The molecule has 1 unspecified atom stereocenters. The minimum Gasteiger partial charge on any atom is -0.506 e. The summed E-state index contributed by atoms with van der Waals surface area (Å²) in [4.78, 5) is 4.31. The summed E-state index contributed by atoms with van der Waals surface area (Å²) < 4.78 is 1.42. The highest BCUT2D eigenvalue weighted by molar-refractivity contribution is 5.57. The monoisotopic (exact) mass is 385 g/mol. The normalized spacial score (nSPS) is 18.2. The number of allylic oxidation sites excluding steroid dienone is 2. The Morgan fingerprint density at radius 3 is 2.04 bits per heavy atom. The van der Waals surface area contributed by atoms with E-state index in [1.807, 2.05) is 30.4 Å². The van der Waals surface area contributed by atoms with Crippen molar-refractivity contribution in [3.63, 3.8) is 0 Å². The molecule has 1 aliphatic carbocycles. The van der Waals surface area contributed by atoms with Crippen LogP contribution in [-0.2, 0) is 19.4 Å². The highest BCUT2D eigenvalue weighted by Gasteiger charge is 2.25. The van der Waals surface area contributed by atoms with E-state index in [2.05, 4.69) is 9.80 Å². The number of fused-ring (bicyclic) bond motifs is 1. The van der Waals surface area contributed by atoms with Crippen molar-refractivity contribution in [1.29, 1.82) is 0 Å². The first-order valence-electron chi connectivity index (χ1n) is 9.75. The first-order chi connectivity index (χ1) is 13.5. The fourth-order valence-corrected chi connectivity index (χ4v) is 4.17. The van der Waals surface area contributed by atoms with Crippen LogP contribution in [0, 0.1) is 0 Å². The van der Waals surface area contributed by atoms with E-state index >= 15 is 0 Å². The SMILES string of the molecule is Oc1ccccc1N1CCN(CC(O)Cn2c(O)c3c(c2O)CC=CC3)CC1. The largest absolute Gasteiger partial charge is 0.506 e. The summed E-state index contributed by atoms with van der Waals surface area (Å²) in [6, 6.07) is 7.33. The molecule has 2 aliphatic rings. The maximum Gasteiger partial charge on any atom is 0.197 e. The van der Waals surface area contributed by atoms with Gasteiger partial charge in [-0.25, -0.2) is 0 Å². The van der Waals surface area contributed by atoms with Crippen LogP contribution >= 0.6 is 0 Å². The van der Waals surface area contributed by atoms with E-state index in [4.69, 9.17) is 0 Å². The molecule has 1 aromatic heterocycles. The fraction of sp³-hybridized carbons (Fsp3) is 0.429. The predicted molar refractivity (Wildman–Crippen MR) is 107 cm³/mol. The molecule has 0 amide bonds. The molecule has 7 nitrogen and oxygen atoms in total. The van der Waals surface area contributed by atoms with E-state index < -0.39 is 6.10 Å². The lowest BCUT2D eigenvalue weighted by molar-refractivity contribution is 0.0907. The molecule has 7 heteroatoms. The minimum absolute atomic E-state index is 0.0558. The van der Waals surface area contributed by atoms with Crippen LogP contribution in [0.25, 0.3) is 0 Å². The second-order valence-electron chi connectivity index (χ2n) is 7.52. The lowest BCUT2D eigenvalue weighted by Gasteiger charge is -2.37. The Bertz CT molecular complexity index is 837. The molecule has 2 heterocycles. The number of piperazine rings is 1. The van der Waals surface area contributed by atoms with Crippen LogP contribution in [0.5, 0.6) is 17.5 Å². The van der Waals surface area contributed by atoms with Gasteiger partial charge >= 0.3 is 0 Å². The molecule has 0 saturated carbocycles. The average Bonchev–Trinajstić information content (AvgIpc) is 2.94. The highest BCUT2D eigenvalue weighted by Crippen LogP contribution is 2.37. The first-order valence-corrected chi connectivity index (χ1v) is 9.75. The number of benzene rings is 1. The molecule has 4 N–H and O–H groups in total. The minimum atomic E-state index is -0.699. The van der Waals surface area contributed by atoms with Gasteiger partial charge in [0, 0.05) is 43.9 Å². The van der Waals surface area contributed by atoms with Crippen LogP contribution in [0.15, 0.2) is 36.4 Å². The maximum atomic E-state index is 10.5. The van der Waals surface area contributed by atoms with Crippen LogP contribution in [0.4, 0.5) is 5.69 Å². The van der Waals surface area contributed by atoms with E-state index in [-0.39, 0.29) is 24.1 Å². The molecule has 28 heavy (non-hydrogen) atoms. The van der Waals surface area contributed by atoms with Crippen molar-refractivity contribution >= 4 is 5.69 Å². The van der Waals surface area contributed by atoms with Crippen LogP contribution < -0.4 is 4.90 Å². The smallest absolute Gasteiger partial charge is 0.197 e. The van der Waals surface area contributed by atoms with Gasteiger partial charge in [-0.1, -0.05) is 24.3 Å². The van der Waals surface area contributed by atoms with Gasteiger partial charge in [0.25, 0.3) is 0 Å². The van der Waals surface area contributed by atoms with Crippen molar-refractivity contribution in [3.05, 3.63) is 47.5 Å². The number of aliphatic hydroxyl groups is 1. The fourth-order valence-electron chi connectivity index (χ4n) is 4.17. The Balaban J connectivity index is 1.34. The molecule has 4 rings (SSSR count). The second-order valence-corrected chi connectivity index (χ2v) is 7.52. The van der Waals surface area contributed by atoms with E-state index in [1.165, 1.54) is 4.57 Å². The number of phenols is 1. The number of nitrogens with zero attached hydrogens (tertiary/aromatic N) is 3. The number of aromatic hydroxyl groups is 3. The lowest BCUT2D eigenvalue weighted by Crippen LogP contribution is -2.49. The Hall–Kier alpha value is -2.64. The summed E-state index contributed by atoms with van der Waals surface area (Å²) in [6.07, 6.45) is 4.46. The number of aliphatic hydroxyl groups excluding tert-OH is 1. The van der Waals surface area contributed by atoms with Gasteiger partial charge in [0.2, 0.25) is 0 Å². The third kappa shape index (κ3) is 3.55. The maximum absolute atomic E-state index is 10.5. The summed E-state index contributed by atoms with van der Waals surface area (Å²) in [6.45, 7) is 3.71. The van der Waals surface area contributed by atoms with E-state index in [9.17, 15) is 20.4 Å². The van der Waals surface area contributed by atoms with Crippen molar-refractivity contribution in [2.24, 2.45) is 0 Å². The summed E-state index contributed by atoms with van der Waals surface area (Å²) in [5, 5.41) is 41.4. The number of rotatable bonds is 5. The van der Waals surface area contributed by atoms with E-state index in [0.717, 1.165) is 43.0 Å². The van der Waals surface area contributed by atoms with Gasteiger partial charge in [0.1, 0.15) is 5.75 Å². The molecule has 0 radical (unpaired) electrons.